The molecule has 0 heterocycles. The van der Waals surface area contributed by atoms with Gasteiger partial charge >= 0.3 is 0 Å². The van der Waals surface area contributed by atoms with Crippen LogP contribution in [0, 0.1) is 23.2 Å². The first-order valence-corrected chi connectivity index (χ1v) is 12.2. The van der Waals surface area contributed by atoms with Gasteiger partial charge in [-0.05, 0) is 87.1 Å². The highest BCUT2D eigenvalue weighted by Crippen LogP contribution is 2.72. The molecule has 0 amide bonds. The van der Waals surface area contributed by atoms with Gasteiger partial charge in [0.2, 0.25) is 0 Å². The van der Waals surface area contributed by atoms with Gasteiger partial charge in [-0.3, -0.25) is 4.99 Å². The fraction of sp³-hybridized carbons (Fsp3) is 0.680. The van der Waals surface area contributed by atoms with Gasteiger partial charge in [-0.1, -0.05) is 42.5 Å². The van der Waals surface area contributed by atoms with Crippen molar-refractivity contribution in [2.75, 3.05) is 7.05 Å². The molecule has 168 valence electrons. The number of nitrogens with two attached hydrogens (primary N) is 1. The van der Waals surface area contributed by atoms with Gasteiger partial charge in [-0.15, -0.1) is 0 Å². The fourth-order valence-electron chi connectivity index (χ4n) is 7.66. The quantitative estimate of drug-likeness (QED) is 0.386. The van der Waals surface area contributed by atoms with E-state index in [-0.39, 0.29) is 28.7 Å². The molecule has 0 aromatic heterocycles. The summed E-state index contributed by atoms with van der Waals surface area (Å²) in [5, 5.41) is 0. The Balaban J connectivity index is 1.44. The molecule has 1 aromatic rings. The third-order valence-corrected chi connectivity index (χ3v) is 9.47. The van der Waals surface area contributed by atoms with E-state index in [9.17, 15) is 8.78 Å². The van der Waals surface area contributed by atoms with Crippen LogP contribution in [0.25, 0.3) is 0 Å². The van der Waals surface area contributed by atoms with Gasteiger partial charge < -0.3 is 5.73 Å². The zero-order valence-electron chi connectivity index (χ0n) is 18.2. The van der Waals surface area contributed by atoms with Crippen LogP contribution in [-0.4, -0.2) is 41.8 Å². The smallest absolute Gasteiger partial charge is 0.294 e. The summed E-state index contributed by atoms with van der Waals surface area (Å²) in [6, 6.07) is 10.9. The monoisotopic (exact) mass is 445 g/mol. The molecule has 0 spiro atoms. The second kappa shape index (κ2) is 7.96. The zero-order valence-corrected chi connectivity index (χ0v) is 19.0. The Hall–Kier alpha value is -1.24. The molecular formula is C25H33F2N3S. The molecule has 6 rings (SSSR count). The van der Waals surface area contributed by atoms with E-state index in [1.54, 1.807) is 7.05 Å². The fourth-order valence-corrected chi connectivity index (χ4v) is 8.02. The normalized spacial score (nSPS) is 41.7. The number of hydrogen-bond acceptors (Lipinski definition) is 3. The molecule has 31 heavy (non-hydrogen) atoms. The van der Waals surface area contributed by atoms with Gasteiger partial charge in [0.15, 0.2) is 0 Å². The molecule has 5 aliphatic rings. The number of aliphatic imine (C=N–C) groups is 1. The maximum Gasteiger partial charge on any atom is 0.294 e. The molecule has 0 aliphatic heterocycles. The first kappa shape index (κ1) is 21.6. The van der Waals surface area contributed by atoms with E-state index in [1.165, 1.54) is 10.5 Å². The van der Waals surface area contributed by atoms with Crippen LogP contribution in [0.1, 0.15) is 56.9 Å². The minimum absolute atomic E-state index is 0.0471. The van der Waals surface area contributed by atoms with Crippen molar-refractivity contribution >= 4 is 23.4 Å². The molecule has 0 saturated heterocycles. The maximum absolute atomic E-state index is 13.7. The molecule has 4 bridgehead atoms. The van der Waals surface area contributed by atoms with Crippen molar-refractivity contribution in [3.05, 3.63) is 35.9 Å². The van der Waals surface area contributed by atoms with Gasteiger partial charge in [0.25, 0.3) is 6.55 Å². The molecular weight excluding hydrogens is 412 g/mol. The second-order valence-corrected chi connectivity index (χ2v) is 11.0. The lowest BCUT2D eigenvalue weighted by molar-refractivity contribution is -0.0667. The summed E-state index contributed by atoms with van der Waals surface area (Å²) in [7, 11) is 1.59. The molecule has 5 unspecified atom stereocenters. The van der Waals surface area contributed by atoms with Crippen LogP contribution in [0.4, 0.5) is 8.78 Å². The standard InChI is InChI=1S/C25H33F2N3S/c1-30(23(26)27)21-17-11-24(18-5-3-2-4-6-18)13-20(21)25(12-17,15-24)22(31)29-14-16-7-9-19(28)10-8-16/h2-6,14,16-17,19-21,23H,7-13,15,28H2,1H3/b29-14+. The van der Waals surface area contributed by atoms with Crippen LogP contribution in [0.5, 0.6) is 0 Å². The van der Waals surface area contributed by atoms with Crippen LogP contribution in [0.15, 0.2) is 35.3 Å². The van der Waals surface area contributed by atoms with Gasteiger partial charge in [0.1, 0.15) is 4.99 Å². The largest absolute Gasteiger partial charge is 0.328 e. The number of thiocarbonyl (C=S) groups is 1. The number of halogens is 2. The van der Waals surface area contributed by atoms with E-state index in [0.29, 0.717) is 12.0 Å². The SMILES string of the molecule is CN(C(F)F)C1C2CC3(c4ccccc4)CC1C(C(=S)/N=C/C1CCC(N)CC1)(C2)C3. The molecule has 3 nitrogen and oxygen atoms in total. The lowest BCUT2D eigenvalue weighted by atomic mass is 9.63. The van der Waals surface area contributed by atoms with E-state index in [0.717, 1.165) is 56.4 Å². The van der Waals surface area contributed by atoms with Gasteiger partial charge in [-0.2, -0.15) is 8.78 Å². The lowest BCUT2D eigenvalue weighted by Crippen LogP contribution is -2.47. The van der Waals surface area contributed by atoms with Crippen molar-refractivity contribution < 1.29 is 8.78 Å². The minimum Gasteiger partial charge on any atom is -0.328 e. The average Bonchev–Trinajstić information content (AvgIpc) is 3.15. The molecule has 5 aliphatic carbocycles. The van der Waals surface area contributed by atoms with Crippen LogP contribution < -0.4 is 5.73 Å². The molecule has 5 saturated carbocycles. The number of benzene rings is 1. The Morgan fingerprint density at radius 3 is 2.55 bits per heavy atom. The van der Waals surface area contributed by atoms with Crippen LogP contribution in [0.3, 0.4) is 0 Å². The Kier molecular flexibility index (Phi) is 5.55. The number of rotatable bonds is 5. The third kappa shape index (κ3) is 3.50. The Morgan fingerprint density at radius 1 is 1.16 bits per heavy atom. The summed E-state index contributed by atoms with van der Waals surface area (Å²) in [5.41, 5.74) is 7.20. The minimum atomic E-state index is -2.43. The van der Waals surface area contributed by atoms with Crippen molar-refractivity contribution in [3.8, 4) is 0 Å². The predicted molar refractivity (Wildman–Crippen MR) is 125 cm³/mol. The topological polar surface area (TPSA) is 41.6 Å². The first-order valence-electron chi connectivity index (χ1n) is 11.7. The van der Waals surface area contributed by atoms with Crippen LogP contribution >= 0.6 is 12.2 Å². The highest BCUT2D eigenvalue weighted by Gasteiger charge is 2.70. The van der Waals surface area contributed by atoms with Crippen LogP contribution in [0.2, 0.25) is 0 Å². The van der Waals surface area contributed by atoms with Gasteiger partial charge in [-0.25, -0.2) is 4.90 Å². The summed E-state index contributed by atoms with van der Waals surface area (Å²) < 4.78 is 27.5. The van der Waals surface area contributed by atoms with Crippen molar-refractivity contribution in [1.82, 2.24) is 4.90 Å². The van der Waals surface area contributed by atoms with E-state index >= 15 is 0 Å². The lowest BCUT2D eigenvalue weighted by Gasteiger charge is -2.45. The highest BCUT2D eigenvalue weighted by molar-refractivity contribution is 7.80. The van der Waals surface area contributed by atoms with Crippen molar-refractivity contribution in [2.45, 2.75) is 75.4 Å². The second-order valence-electron chi connectivity index (χ2n) is 10.7. The van der Waals surface area contributed by atoms with E-state index in [1.807, 2.05) is 6.07 Å². The van der Waals surface area contributed by atoms with Crippen LogP contribution in [-0.2, 0) is 5.41 Å². The number of nitrogens with zero attached hydrogens (tertiary/aromatic N) is 2. The number of hydrogen-bond donors (Lipinski definition) is 1. The van der Waals surface area contributed by atoms with Gasteiger partial charge in [0.05, 0.1) is 0 Å². The average molecular weight is 446 g/mol. The van der Waals surface area contributed by atoms with Crippen molar-refractivity contribution in [1.29, 1.82) is 0 Å². The third-order valence-electron chi connectivity index (χ3n) is 8.96. The predicted octanol–water partition coefficient (Wildman–Crippen LogP) is 5.18. The maximum atomic E-state index is 13.7. The summed E-state index contributed by atoms with van der Waals surface area (Å²) in [6.07, 6.45) is 10.0. The van der Waals surface area contributed by atoms with E-state index < -0.39 is 6.55 Å². The molecule has 5 atom stereocenters. The number of alkyl halides is 2. The molecule has 2 N–H and O–H groups in total. The molecule has 5 fully saturated rings. The van der Waals surface area contributed by atoms with Gasteiger partial charge in [0, 0.05) is 23.7 Å². The van der Waals surface area contributed by atoms with Crippen molar-refractivity contribution in [3.63, 3.8) is 0 Å². The summed E-state index contributed by atoms with van der Waals surface area (Å²) >= 11 is 5.98. The summed E-state index contributed by atoms with van der Waals surface area (Å²) in [4.78, 5) is 6.94. The van der Waals surface area contributed by atoms with E-state index in [2.05, 4.69) is 30.5 Å². The summed E-state index contributed by atoms with van der Waals surface area (Å²) in [5.74, 6) is 0.829. The Labute approximate surface area is 189 Å². The highest BCUT2D eigenvalue weighted by atomic mass is 32.1. The first-order chi connectivity index (χ1) is 14.8. The Morgan fingerprint density at radius 2 is 1.87 bits per heavy atom. The van der Waals surface area contributed by atoms with Crippen molar-refractivity contribution in [2.24, 2.45) is 33.9 Å². The Bertz CT molecular complexity index is 854. The summed E-state index contributed by atoms with van der Waals surface area (Å²) in [6.45, 7) is -2.43. The zero-order chi connectivity index (χ0) is 21.8. The molecule has 1 aromatic carbocycles. The molecule has 0 radical (unpaired) electrons. The molecule has 6 heteroatoms. The van der Waals surface area contributed by atoms with E-state index in [4.69, 9.17) is 22.9 Å².